The second-order valence-electron chi connectivity index (χ2n) is 8.53. The number of rotatable bonds is 6. The summed E-state index contributed by atoms with van der Waals surface area (Å²) >= 11 is 5.90. The van der Waals surface area contributed by atoms with Gasteiger partial charge in [-0.25, -0.2) is 8.42 Å². The van der Waals surface area contributed by atoms with Crippen molar-refractivity contribution < 1.29 is 18.1 Å². The summed E-state index contributed by atoms with van der Waals surface area (Å²) in [4.78, 5) is 11.3. The second-order valence-corrected chi connectivity index (χ2v) is 10.6. The highest BCUT2D eigenvalue weighted by molar-refractivity contribution is 7.92. The molecule has 0 saturated carbocycles. The topological polar surface area (TPSA) is 111 Å². The number of nitro benzene ring substituents is 1. The Bertz CT molecular complexity index is 1440. The molecule has 5 rings (SSSR count). The Morgan fingerprint density at radius 3 is 2.60 bits per heavy atom. The third-order valence-electron chi connectivity index (χ3n) is 6.50. The average Bonchev–Trinajstić information content (AvgIpc) is 3.34. The molecule has 1 aliphatic carbocycles. The van der Waals surface area contributed by atoms with Crippen LogP contribution in [0.5, 0.6) is 5.75 Å². The first kappa shape index (κ1) is 23.2. The lowest BCUT2D eigenvalue weighted by Gasteiger charge is -2.37. The fraction of sp³-hybridized carbons (Fsp3) is 0.200. The van der Waals surface area contributed by atoms with Crippen molar-refractivity contribution in [1.29, 1.82) is 0 Å². The maximum Gasteiger partial charge on any atom is 0.311 e. The smallest absolute Gasteiger partial charge is 0.311 e. The summed E-state index contributed by atoms with van der Waals surface area (Å²) in [6.07, 6.45) is 4.92. The van der Waals surface area contributed by atoms with Crippen LogP contribution in [0.1, 0.15) is 29.5 Å². The first-order chi connectivity index (χ1) is 16.8. The van der Waals surface area contributed by atoms with Crippen molar-refractivity contribution in [1.82, 2.24) is 0 Å². The first-order valence-electron chi connectivity index (χ1n) is 10.9. The van der Waals surface area contributed by atoms with Gasteiger partial charge >= 0.3 is 5.69 Å². The van der Waals surface area contributed by atoms with E-state index in [1.54, 1.807) is 54.6 Å². The summed E-state index contributed by atoms with van der Waals surface area (Å²) in [6, 6.07) is 16.3. The van der Waals surface area contributed by atoms with Gasteiger partial charge in [-0.2, -0.15) is 0 Å². The molecule has 0 unspecified atom stereocenters. The Kier molecular flexibility index (Phi) is 5.90. The molecule has 3 atom stereocenters. The SMILES string of the molecule is COc1ccc([C@H]2Nc3ccc(S(=O)(=O)Nc4ccc(Cl)cc4)cc3[C@H]3C=CC[C@H]32)cc1[N+](=O)[O-]. The van der Waals surface area contributed by atoms with Crippen LogP contribution in [0.3, 0.4) is 0 Å². The third-order valence-corrected chi connectivity index (χ3v) is 8.13. The molecule has 0 saturated heterocycles. The van der Waals surface area contributed by atoms with Crippen molar-refractivity contribution in [2.24, 2.45) is 5.92 Å². The minimum atomic E-state index is -3.81. The van der Waals surface area contributed by atoms with Crippen molar-refractivity contribution in [3.05, 3.63) is 99.1 Å². The summed E-state index contributed by atoms with van der Waals surface area (Å²) in [6.45, 7) is 0. The highest BCUT2D eigenvalue weighted by Gasteiger charge is 2.39. The van der Waals surface area contributed by atoms with Gasteiger partial charge in [0.05, 0.1) is 23.0 Å². The summed E-state index contributed by atoms with van der Waals surface area (Å²) in [5.41, 5.74) is 2.79. The van der Waals surface area contributed by atoms with Gasteiger partial charge in [-0.15, -0.1) is 0 Å². The van der Waals surface area contributed by atoms with Crippen LogP contribution in [0.15, 0.2) is 77.7 Å². The number of hydrogen-bond donors (Lipinski definition) is 2. The largest absolute Gasteiger partial charge is 0.490 e. The molecule has 8 nitrogen and oxygen atoms in total. The molecular formula is C25H22ClN3O5S. The maximum atomic E-state index is 13.1. The number of methoxy groups -OCH3 is 1. The van der Waals surface area contributed by atoms with E-state index >= 15 is 0 Å². The van der Waals surface area contributed by atoms with E-state index in [-0.39, 0.29) is 34.2 Å². The van der Waals surface area contributed by atoms with Crippen LogP contribution in [0.2, 0.25) is 5.02 Å². The Hall–Kier alpha value is -3.56. The van der Waals surface area contributed by atoms with Gasteiger partial charge in [0, 0.05) is 28.4 Å². The fourth-order valence-electron chi connectivity index (χ4n) is 4.84. The number of hydrogen-bond acceptors (Lipinski definition) is 6. The highest BCUT2D eigenvalue weighted by atomic mass is 35.5. The summed E-state index contributed by atoms with van der Waals surface area (Å²) in [7, 11) is -2.41. The molecule has 0 aromatic heterocycles. The van der Waals surface area contributed by atoms with E-state index in [0.717, 1.165) is 23.2 Å². The van der Waals surface area contributed by atoms with Crippen LogP contribution in [-0.2, 0) is 10.0 Å². The molecule has 2 N–H and O–H groups in total. The molecule has 180 valence electrons. The lowest BCUT2D eigenvalue weighted by atomic mass is 9.77. The number of halogens is 1. The van der Waals surface area contributed by atoms with Crippen molar-refractivity contribution in [2.45, 2.75) is 23.3 Å². The van der Waals surface area contributed by atoms with Crippen LogP contribution in [0.4, 0.5) is 17.1 Å². The van der Waals surface area contributed by atoms with Crippen molar-refractivity contribution in [3.8, 4) is 5.75 Å². The summed E-state index contributed by atoms with van der Waals surface area (Å²) < 4.78 is 33.8. The molecule has 0 amide bonds. The van der Waals surface area contributed by atoms with E-state index in [2.05, 4.69) is 22.2 Å². The van der Waals surface area contributed by atoms with E-state index in [1.165, 1.54) is 7.11 Å². The molecule has 1 heterocycles. The fourth-order valence-corrected chi connectivity index (χ4v) is 6.06. The summed E-state index contributed by atoms with van der Waals surface area (Å²) in [5.74, 6) is 0.264. The van der Waals surface area contributed by atoms with Gasteiger partial charge in [0.2, 0.25) is 0 Å². The molecular weight excluding hydrogens is 490 g/mol. The Morgan fingerprint density at radius 1 is 1.11 bits per heavy atom. The predicted octanol–water partition coefficient (Wildman–Crippen LogP) is 5.88. The van der Waals surface area contributed by atoms with E-state index in [0.29, 0.717) is 10.7 Å². The van der Waals surface area contributed by atoms with Gasteiger partial charge in [-0.3, -0.25) is 14.8 Å². The third kappa shape index (κ3) is 4.33. The van der Waals surface area contributed by atoms with E-state index in [4.69, 9.17) is 16.3 Å². The molecule has 2 aliphatic rings. The molecule has 1 aliphatic heterocycles. The number of nitrogens with one attached hydrogen (secondary N) is 2. The predicted molar refractivity (Wildman–Crippen MR) is 135 cm³/mol. The minimum absolute atomic E-state index is 0.0249. The minimum Gasteiger partial charge on any atom is -0.490 e. The zero-order chi connectivity index (χ0) is 24.7. The number of sulfonamides is 1. The van der Waals surface area contributed by atoms with E-state index in [1.807, 2.05) is 6.07 Å². The monoisotopic (exact) mass is 511 g/mol. The second kappa shape index (κ2) is 8.90. The van der Waals surface area contributed by atoms with E-state index in [9.17, 15) is 18.5 Å². The zero-order valence-corrected chi connectivity index (χ0v) is 20.2. The number of benzene rings is 3. The van der Waals surface area contributed by atoms with Crippen LogP contribution in [0.25, 0.3) is 0 Å². The number of nitro groups is 1. The van der Waals surface area contributed by atoms with Crippen LogP contribution in [-0.4, -0.2) is 20.5 Å². The Morgan fingerprint density at radius 2 is 1.89 bits per heavy atom. The van der Waals surface area contributed by atoms with Gasteiger partial charge in [0.15, 0.2) is 5.75 Å². The van der Waals surface area contributed by atoms with Crippen LogP contribution >= 0.6 is 11.6 Å². The molecule has 3 aromatic carbocycles. The van der Waals surface area contributed by atoms with Gasteiger partial charge in [0.25, 0.3) is 10.0 Å². The Balaban J connectivity index is 1.49. The number of nitrogens with zero attached hydrogens (tertiary/aromatic N) is 1. The molecule has 0 radical (unpaired) electrons. The standard InChI is InChI=1S/C25H22ClN3O5S/c1-34-24-12-5-15(13-23(24)29(30)31)25-20-4-2-3-19(20)21-14-18(10-11-22(21)27-25)35(32,33)28-17-8-6-16(26)7-9-17/h2-3,5-14,19-20,25,27-28H,4H2,1H3/t19-,20+,25+/m0/s1. The quantitative estimate of drug-likeness (QED) is 0.243. The molecule has 0 spiro atoms. The number of ether oxygens (including phenoxy) is 1. The molecule has 10 heteroatoms. The number of allylic oxidation sites excluding steroid dienone is 2. The lowest BCUT2D eigenvalue weighted by Crippen LogP contribution is -2.29. The zero-order valence-electron chi connectivity index (χ0n) is 18.6. The van der Waals surface area contributed by atoms with Crippen molar-refractivity contribution >= 4 is 38.7 Å². The average molecular weight is 512 g/mol. The first-order valence-corrected chi connectivity index (χ1v) is 12.8. The van der Waals surface area contributed by atoms with Crippen LogP contribution in [0, 0.1) is 16.0 Å². The maximum absolute atomic E-state index is 13.1. The Labute approximate surface area is 207 Å². The molecule has 0 bridgehead atoms. The van der Waals surface area contributed by atoms with Gasteiger partial charge in [-0.05, 0) is 72.0 Å². The molecule has 0 fully saturated rings. The van der Waals surface area contributed by atoms with Crippen LogP contribution < -0.4 is 14.8 Å². The number of fused-ring (bicyclic) bond motifs is 3. The highest BCUT2D eigenvalue weighted by Crippen LogP contribution is 2.51. The molecule has 3 aromatic rings. The van der Waals surface area contributed by atoms with Gasteiger partial charge < -0.3 is 10.1 Å². The van der Waals surface area contributed by atoms with Crippen molar-refractivity contribution in [2.75, 3.05) is 17.1 Å². The number of anilines is 2. The van der Waals surface area contributed by atoms with Gasteiger partial charge in [-0.1, -0.05) is 29.8 Å². The normalized spacial score (nSPS) is 20.5. The summed E-state index contributed by atoms with van der Waals surface area (Å²) in [5, 5.41) is 15.6. The van der Waals surface area contributed by atoms with Gasteiger partial charge in [0.1, 0.15) is 0 Å². The van der Waals surface area contributed by atoms with Crippen molar-refractivity contribution in [3.63, 3.8) is 0 Å². The van der Waals surface area contributed by atoms with E-state index < -0.39 is 14.9 Å². The molecule has 35 heavy (non-hydrogen) atoms. The lowest BCUT2D eigenvalue weighted by molar-refractivity contribution is -0.385.